The summed E-state index contributed by atoms with van der Waals surface area (Å²) >= 11 is 0. The molecule has 1 aliphatic heterocycles. The van der Waals surface area contributed by atoms with Crippen molar-refractivity contribution in [3.8, 4) is 12.3 Å². The molecule has 0 saturated carbocycles. The Balaban J connectivity index is 2.34. The van der Waals surface area contributed by atoms with Gasteiger partial charge in [0.15, 0.2) is 0 Å². The largest absolute Gasteiger partial charge is 0.342 e. The van der Waals surface area contributed by atoms with E-state index < -0.39 is 0 Å². The Morgan fingerprint density at radius 2 is 2.44 bits per heavy atom. The Hall–Kier alpha value is -1.27. The number of likely N-dealkylation sites (tertiary alicyclic amines) is 1. The molecule has 0 aromatic rings. The van der Waals surface area contributed by atoms with Crippen molar-refractivity contribution in [2.24, 2.45) is 5.92 Å². The van der Waals surface area contributed by atoms with Crippen LogP contribution in [0.4, 0.5) is 0 Å². The van der Waals surface area contributed by atoms with E-state index in [0.29, 0.717) is 18.9 Å². The van der Waals surface area contributed by atoms with Crippen LogP contribution in [-0.2, 0) is 4.79 Å². The zero-order valence-corrected chi connectivity index (χ0v) is 11.4. The maximum Gasteiger partial charge on any atom is 0.223 e. The summed E-state index contributed by atoms with van der Waals surface area (Å²) in [6.45, 7) is 9.79. The first kappa shape index (κ1) is 14.8. The van der Waals surface area contributed by atoms with Crippen LogP contribution in [0.5, 0.6) is 0 Å². The molecule has 0 radical (unpaired) electrons. The van der Waals surface area contributed by atoms with E-state index in [4.69, 9.17) is 6.42 Å². The Morgan fingerprint density at radius 1 is 1.67 bits per heavy atom. The van der Waals surface area contributed by atoms with Crippen molar-refractivity contribution in [2.45, 2.75) is 26.2 Å². The first-order valence-electron chi connectivity index (χ1n) is 6.71. The molecular weight excluding hydrogens is 224 g/mol. The van der Waals surface area contributed by atoms with Crippen molar-refractivity contribution in [1.82, 2.24) is 9.80 Å². The van der Waals surface area contributed by atoms with E-state index in [0.717, 1.165) is 32.6 Å². The topological polar surface area (TPSA) is 23.6 Å². The number of nitrogens with zero attached hydrogens (tertiary/aromatic N) is 2. The van der Waals surface area contributed by atoms with Crippen LogP contribution in [0, 0.1) is 18.3 Å². The van der Waals surface area contributed by atoms with Gasteiger partial charge in [0, 0.05) is 32.6 Å². The Kier molecular flexibility index (Phi) is 6.53. The second-order valence-corrected chi connectivity index (χ2v) is 5.07. The third kappa shape index (κ3) is 4.93. The van der Waals surface area contributed by atoms with Crippen LogP contribution in [0.2, 0.25) is 0 Å². The summed E-state index contributed by atoms with van der Waals surface area (Å²) in [5.74, 6) is 3.51. The predicted octanol–water partition coefficient (Wildman–Crippen LogP) is 1.76. The van der Waals surface area contributed by atoms with E-state index in [1.807, 2.05) is 11.0 Å². The number of terminal acetylenes is 1. The molecule has 0 unspecified atom stereocenters. The van der Waals surface area contributed by atoms with Crippen molar-refractivity contribution in [3.63, 3.8) is 0 Å². The van der Waals surface area contributed by atoms with Crippen LogP contribution in [0.3, 0.4) is 0 Å². The van der Waals surface area contributed by atoms with Gasteiger partial charge in [-0.3, -0.25) is 9.69 Å². The average Bonchev–Trinajstić information content (AvgIpc) is 2.36. The normalized spacial score (nSPS) is 19.6. The molecule has 100 valence electrons. The molecule has 18 heavy (non-hydrogen) atoms. The minimum absolute atomic E-state index is 0.257. The molecule has 1 rings (SSSR count). The van der Waals surface area contributed by atoms with Crippen LogP contribution in [0.1, 0.15) is 26.2 Å². The van der Waals surface area contributed by atoms with Crippen LogP contribution in [0.15, 0.2) is 12.7 Å². The van der Waals surface area contributed by atoms with Gasteiger partial charge < -0.3 is 4.90 Å². The summed E-state index contributed by atoms with van der Waals surface area (Å²) in [6, 6.07) is 0. The second-order valence-electron chi connectivity index (χ2n) is 5.07. The molecule has 0 bridgehead atoms. The van der Waals surface area contributed by atoms with Crippen LogP contribution in [0.25, 0.3) is 0 Å². The second kappa shape index (κ2) is 7.94. The highest BCUT2D eigenvalue weighted by atomic mass is 16.2. The van der Waals surface area contributed by atoms with Gasteiger partial charge >= 0.3 is 0 Å². The Morgan fingerprint density at radius 3 is 3.06 bits per heavy atom. The molecule has 1 heterocycles. The van der Waals surface area contributed by atoms with E-state index in [2.05, 4.69) is 24.3 Å². The summed E-state index contributed by atoms with van der Waals surface area (Å²) < 4.78 is 0. The Bertz CT molecular complexity index is 319. The molecule has 0 N–H and O–H groups in total. The zero-order valence-electron chi connectivity index (χ0n) is 11.4. The third-order valence-electron chi connectivity index (χ3n) is 3.35. The Labute approximate surface area is 111 Å². The fraction of sp³-hybridized carbons (Fsp3) is 0.667. The lowest BCUT2D eigenvalue weighted by atomic mass is 10.00. The number of piperidine rings is 1. The van der Waals surface area contributed by atoms with Gasteiger partial charge in [0.25, 0.3) is 0 Å². The predicted molar refractivity (Wildman–Crippen MR) is 75.1 cm³/mol. The highest BCUT2D eigenvalue weighted by molar-refractivity contribution is 5.76. The highest BCUT2D eigenvalue weighted by Crippen LogP contribution is 2.16. The molecule has 1 aliphatic rings. The average molecular weight is 248 g/mol. The minimum Gasteiger partial charge on any atom is -0.342 e. The summed E-state index contributed by atoms with van der Waals surface area (Å²) in [7, 11) is 0. The van der Waals surface area contributed by atoms with E-state index in [1.54, 1.807) is 0 Å². The van der Waals surface area contributed by atoms with E-state index in [-0.39, 0.29) is 5.91 Å². The number of rotatable bonds is 6. The molecule has 1 amide bonds. The van der Waals surface area contributed by atoms with Gasteiger partial charge in [0.05, 0.1) is 6.54 Å². The molecule has 0 aliphatic carbocycles. The maximum atomic E-state index is 12.1. The number of hydrogen-bond donors (Lipinski definition) is 0. The molecule has 0 aromatic carbocycles. The molecule has 0 spiro atoms. The zero-order chi connectivity index (χ0) is 13.4. The first-order chi connectivity index (χ1) is 8.67. The summed E-state index contributed by atoms with van der Waals surface area (Å²) in [6.07, 6.45) is 10.1. The smallest absolute Gasteiger partial charge is 0.223 e. The van der Waals surface area contributed by atoms with Crippen molar-refractivity contribution in [3.05, 3.63) is 12.7 Å². The fourth-order valence-electron chi connectivity index (χ4n) is 2.37. The highest BCUT2D eigenvalue weighted by Gasteiger charge is 2.20. The van der Waals surface area contributed by atoms with Gasteiger partial charge in [0.2, 0.25) is 5.91 Å². The van der Waals surface area contributed by atoms with Crippen LogP contribution < -0.4 is 0 Å². The van der Waals surface area contributed by atoms with Crippen LogP contribution >= 0.6 is 0 Å². The SMILES string of the molecule is C#CCN(CC=C)CCC(=O)N1CCC[C@H](C)C1. The molecule has 1 saturated heterocycles. The lowest BCUT2D eigenvalue weighted by Crippen LogP contribution is -2.40. The summed E-state index contributed by atoms with van der Waals surface area (Å²) in [5.41, 5.74) is 0. The third-order valence-corrected chi connectivity index (χ3v) is 3.35. The molecule has 0 aromatic heterocycles. The van der Waals surface area contributed by atoms with Crippen LogP contribution in [-0.4, -0.2) is 48.4 Å². The minimum atomic E-state index is 0.257. The van der Waals surface area contributed by atoms with Gasteiger partial charge in [-0.15, -0.1) is 13.0 Å². The van der Waals surface area contributed by atoms with Gasteiger partial charge in [-0.1, -0.05) is 18.9 Å². The lowest BCUT2D eigenvalue weighted by molar-refractivity contribution is -0.133. The molecule has 1 atom stereocenters. The quantitative estimate of drug-likeness (QED) is 0.528. The number of carbonyl (C=O) groups is 1. The summed E-state index contributed by atoms with van der Waals surface area (Å²) in [4.78, 5) is 16.1. The number of amides is 1. The molecule has 1 fully saturated rings. The van der Waals surface area contributed by atoms with Crippen molar-refractivity contribution < 1.29 is 4.79 Å². The number of carbonyl (C=O) groups excluding carboxylic acids is 1. The monoisotopic (exact) mass is 248 g/mol. The van der Waals surface area contributed by atoms with Gasteiger partial charge in [-0.2, -0.15) is 0 Å². The fourth-order valence-corrected chi connectivity index (χ4v) is 2.37. The van der Waals surface area contributed by atoms with Gasteiger partial charge in [-0.05, 0) is 18.8 Å². The molecule has 3 nitrogen and oxygen atoms in total. The first-order valence-corrected chi connectivity index (χ1v) is 6.71. The van der Waals surface area contributed by atoms with Crippen molar-refractivity contribution in [1.29, 1.82) is 0 Å². The lowest BCUT2D eigenvalue weighted by Gasteiger charge is -2.31. The summed E-state index contributed by atoms with van der Waals surface area (Å²) in [5, 5.41) is 0. The molecular formula is C15H24N2O. The van der Waals surface area contributed by atoms with Gasteiger partial charge in [-0.25, -0.2) is 0 Å². The maximum absolute atomic E-state index is 12.1. The van der Waals surface area contributed by atoms with E-state index in [1.165, 1.54) is 6.42 Å². The van der Waals surface area contributed by atoms with E-state index >= 15 is 0 Å². The van der Waals surface area contributed by atoms with E-state index in [9.17, 15) is 4.79 Å². The van der Waals surface area contributed by atoms with Gasteiger partial charge in [0.1, 0.15) is 0 Å². The number of hydrogen-bond acceptors (Lipinski definition) is 2. The molecule has 3 heteroatoms. The standard InChI is InChI=1S/C15H24N2O/c1-4-9-16(10-5-2)12-8-15(18)17-11-6-7-14(3)13-17/h1,5,14H,2,6-13H2,3H3/t14-/m0/s1. The van der Waals surface area contributed by atoms with Crippen molar-refractivity contribution in [2.75, 3.05) is 32.7 Å². The van der Waals surface area contributed by atoms with Crippen molar-refractivity contribution >= 4 is 5.91 Å².